The topological polar surface area (TPSA) is 49.3 Å². The smallest absolute Gasteiger partial charge is 0.120 e. The third kappa shape index (κ3) is 4.12. The van der Waals surface area contributed by atoms with Gasteiger partial charge in [0.05, 0.1) is 0 Å². The molecule has 0 saturated carbocycles. The summed E-state index contributed by atoms with van der Waals surface area (Å²) >= 11 is 5.82. The Morgan fingerprint density at radius 1 is 1.56 bits per heavy atom. The maximum atomic E-state index is 11.1. The lowest BCUT2D eigenvalue weighted by molar-refractivity contribution is 0.464. The Bertz CT molecular complexity index is 384. The highest BCUT2D eigenvalue weighted by molar-refractivity contribution is 7.84. The van der Waals surface area contributed by atoms with Gasteiger partial charge in [-0.1, -0.05) is 11.6 Å². The van der Waals surface area contributed by atoms with Crippen LogP contribution in [0.2, 0.25) is 5.02 Å². The van der Waals surface area contributed by atoms with Gasteiger partial charge in [-0.05, 0) is 25.1 Å². The monoisotopic (exact) mass is 261 g/mol. The molecule has 0 amide bonds. The maximum Gasteiger partial charge on any atom is 0.120 e. The average molecular weight is 262 g/mol. The molecule has 0 heterocycles. The standard InChI is InChI=1S/C11H16ClNO2S/c1-8(16(2)15)6-13-7-9-5-10(12)3-4-11(9)14/h3-5,8,13-14H,6-7H2,1-2H3. The van der Waals surface area contributed by atoms with Gasteiger partial charge in [-0.25, -0.2) is 0 Å². The zero-order valence-electron chi connectivity index (χ0n) is 9.37. The van der Waals surface area contributed by atoms with E-state index in [1.54, 1.807) is 24.5 Å². The van der Waals surface area contributed by atoms with E-state index in [9.17, 15) is 9.32 Å². The van der Waals surface area contributed by atoms with Crippen LogP contribution in [0.15, 0.2) is 18.2 Å². The molecule has 2 unspecified atom stereocenters. The first-order chi connectivity index (χ1) is 7.50. The zero-order valence-corrected chi connectivity index (χ0v) is 10.9. The van der Waals surface area contributed by atoms with Crippen molar-refractivity contribution in [1.82, 2.24) is 5.32 Å². The molecule has 1 aromatic carbocycles. The van der Waals surface area contributed by atoms with Crippen LogP contribution >= 0.6 is 11.6 Å². The Morgan fingerprint density at radius 3 is 2.88 bits per heavy atom. The zero-order chi connectivity index (χ0) is 12.1. The molecule has 1 aromatic rings. The van der Waals surface area contributed by atoms with Crippen molar-refractivity contribution in [2.75, 3.05) is 12.8 Å². The molecular formula is C11H16ClNO2S. The number of nitrogens with one attached hydrogen (secondary N) is 1. The van der Waals surface area contributed by atoms with Gasteiger partial charge >= 0.3 is 0 Å². The van der Waals surface area contributed by atoms with Crippen LogP contribution in [0, 0.1) is 0 Å². The molecule has 0 aliphatic carbocycles. The fourth-order valence-electron chi connectivity index (χ4n) is 1.22. The van der Waals surface area contributed by atoms with Gasteiger partial charge in [0.15, 0.2) is 0 Å². The van der Waals surface area contributed by atoms with Crippen LogP contribution < -0.4 is 5.32 Å². The fraction of sp³-hybridized carbons (Fsp3) is 0.455. The summed E-state index contributed by atoms with van der Waals surface area (Å²) in [5.41, 5.74) is 0.751. The summed E-state index contributed by atoms with van der Waals surface area (Å²) < 4.78 is 11.1. The summed E-state index contributed by atoms with van der Waals surface area (Å²) in [6.07, 6.45) is 1.68. The maximum absolute atomic E-state index is 11.1. The summed E-state index contributed by atoms with van der Waals surface area (Å²) in [5.74, 6) is 0.224. The van der Waals surface area contributed by atoms with Crippen LogP contribution in [0.25, 0.3) is 0 Å². The molecule has 1 rings (SSSR count). The van der Waals surface area contributed by atoms with E-state index in [4.69, 9.17) is 11.6 Å². The Hall–Kier alpha value is -0.580. The van der Waals surface area contributed by atoms with Gasteiger partial charge in [-0.2, -0.15) is 0 Å². The van der Waals surface area contributed by atoms with E-state index >= 15 is 0 Å². The summed E-state index contributed by atoms with van der Waals surface area (Å²) in [5, 5.41) is 13.4. The van der Waals surface area contributed by atoms with E-state index in [1.807, 2.05) is 6.92 Å². The van der Waals surface area contributed by atoms with Gasteiger partial charge in [0.25, 0.3) is 0 Å². The molecule has 0 aliphatic heterocycles. The number of benzene rings is 1. The number of phenolic OH excluding ortho intramolecular Hbond substituents is 1. The minimum Gasteiger partial charge on any atom is -0.508 e. The van der Waals surface area contributed by atoms with E-state index in [1.165, 1.54) is 0 Å². The number of halogens is 1. The molecule has 0 bridgehead atoms. The van der Waals surface area contributed by atoms with Gasteiger partial charge in [-0.3, -0.25) is 4.21 Å². The lowest BCUT2D eigenvalue weighted by atomic mass is 10.2. The van der Waals surface area contributed by atoms with Crippen molar-refractivity contribution < 1.29 is 9.32 Å². The highest BCUT2D eigenvalue weighted by Gasteiger charge is 2.06. The second-order valence-corrected chi connectivity index (χ2v) is 5.95. The van der Waals surface area contributed by atoms with Crippen LogP contribution in [0.4, 0.5) is 0 Å². The molecule has 90 valence electrons. The Morgan fingerprint density at radius 2 is 2.25 bits per heavy atom. The molecule has 16 heavy (non-hydrogen) atoms. The van der Waals surface area contributed by atoms with Crippen LogP contribution in [-0.2, 0) is 17.3 Å². The highest BCUT2D eigenvalue weighted by atomic mass is 35.5. The summed E-state index contributed by atoms with van der Waals surface area (Å²) in [4.78, 5) is 0. The van der Waals surface area contributed by atoms with Crippen molar-refractivity contribution in [3.63, 3.8) is 0 Å². The summed E-state index contributed by atoms with van der Waals surface area (Å²) in [6, 6.07) is 4.93. The van der Waals surface area contributed by atoms with Crippen LogP contribution in [0.5, 0.6) is 5.75 Å². The van der Waals surface area contributed by atoms with Crippen molar-refractivity contribution in [3.8, 4) is 5.75 Å². The molecule has 2 N–H and O–H groups in total. The quantitative estimate of drug-likeness (QED) is 0.851. The van der Waals surface area contributed by atoms with Crippen molar-refractivity contribution >= 4 is 22.4 Å². The Kier molecular flexibility index (Phi) is 5.25. The molecule has 0 spiro atoms. The first-order valence-corrected chi connectivity index (χ1v) is 7.01. The molecule has 0 radical (unpaired) electrons. The minimum absolute atomic E-state index is 0.0985. The summed E-state index contributed by atoms with van der Waals surface area (Å²) in [7, 11) is -0.829. The molecule has 0 saturated heterocycles. The minimum atomic E-state index is -0.829. The largest absolute Gasteiger partial charge is 0.508 e. The van der Waals surface area contributed by atoms with Crippen molar-refractivity contribution in [3.05, 3.63) is 28.8 Å². The molecule has 0 fully saturated rings. The second-order valence-electron chi connectivity index (χ2n) is 3.71. The normalized spacial score (nSPS) is 14.7. The van der Waals surface area contributed by atoms with Gasteiger partial charge in [0, 0.05) is 46.0 Å². The van der Waals surface area contributed by atoms with Crippen molar-refractivity contribution in [1.29, 1.82) is 0 Å². The van der Waals surface area contributed by atoms with Crippen LogP contribution in [0.3, 0.4) is 0 Å². The predicted octanol–water partition coefficient (Wildman–Crippen LogP) is 1.90. The lowest BCUT2D eigenvalue weighted by Gasteiger charge is -2.10. The van der Waals surface area contributed by atoms with Gasteiger partial charge < -0.3 is 10.4 Å². The van der Waals surface area contributed by atoms with E-state index in [-0.39, 0.29) is 11.0 Å². The first-order valence-electron chi connectivity index (χ1n) is 5.01. The summed E-state index contributed by atoms with van der Waals surface area (Å²) in [6.45, 7) is 3.09. The van der Waals surface area contributed by atoms with E-state index in [2.05, 4.69) is 5.32 Å². The third-order valence-corrected chi connectivity index (χ3v) is 3.89. The number of aromatic hydroxyl groups is 1. The molecular weight excluding hydrogens is 246 g/mol. The second kappa shape index (κ2) is 6.23. The molecule has 0 aliphatic rings. The molecule has 0 aromatic heterocycles. The fourth-order valence-corrected chi connectivity index (χ4v) is 1.77. The number of hydrogen-bond acceptors (Lipinski definition) is 3. The van der Waals surface area contributed by atoms with Gasteiger partial charge in [0.2, 0.25) is 0 Å². The van der Waals surface area contributed by atoms with Gasteiger partial charge in [-0.15, -0.1) is 0 Å². The molecule has 2 atom stereocenters. The average Bonchev–Trinajstić information content (AvgIpc) is 2.22. The lowest BCUT2D eigenvalue weighted by Crippen LogP contribution is -2.27. The van der Waals surface area contributed by atoms with Crippen LogP contribution in [-0.4, -0.2) is 27.4 Å². The van der Waals surface area contributed by atoms with Crippen LogP contribution in [0.1, 0.15) is 12.5 Å². The van der Waals surface area contributed by atoms with Crippen molar-refractivity contribution in [2.24, 2.45) is 0 Å². The van der Waals surface area contributed by atoms with E-state index in [0.29, 0.717) is 18.1 Å². The first kappa shape index (κ1) is 13.5. The van der Waals surface area contributed by atoms with E-state index in [0.717, 1.165) is 5.56 Å². The Balaban J connectivity index is 2.48. The molecule has 3 nitrogen and oxygen atoms in total. The molecule has 5 heteroatoms. The predicted molar refractivity (Wildman–Crippen MR) is 68.4 cm³/mol. The highest BCUT2D eigenvalue weighted by Crippen LogP contribution is 2.20. The SMILES string of the molecule is CC(CNCc1cc(Cl)ccc1O)S(C)=O. The van der Waals surface area contributed by atoms with Gasteiger partial charge in [0.1, 0.15) is 5.75 Å². The number of rotatable bonds is 5. The number of hydrogen-bond donors (Lipinski definition) is 2. The Labute approximate surface area is 103 Å². The van der Waals surface area contributed by atoms with Crippen molar-refractivity contribution in [2.45, 2.75) is 18.7 Å². The van der Waals surface area contributed by atoms with E-state index < -0.39 is 10.8 Å². The number of phenols is 1. The third-order valence-electron chi connectivity index (χ3n) is 2.36.